The first kappa shape index (κ1) is 14.0. The largest absolute Gasteiger partial charge is 0.478 e. The maximum atomic E-state index is 10.5. The van der Waals surface area contributed by atoms with E-state index in [1.165, 1.54) is 28.8 Å². The van der Waals surface area contributed by atoms with Gasteiger partial charge in [-0.25, -0.2) is 4.79 Å². The Morgan fingerprint density at radius 3 is 2.95 bits per heavy atom. The standard InChI is InChI=1S/C15H19NO2S/c1-11-9-13(4-6-15(17)18)3-5-14(11)16-7-8-19-10-12(16)2/h3-6,9,12H,7-8,10H2,1-2H3,(H,17,18). The number of aryl methyl sites for hydroxylation is 1. The van der Waals surface area contributed by atoms with Crippen LogP contribution in [0.4, 0.5) is 5.69 Å². The minimum absolute atomic E-state index is 0.554. The van der Waals surface area contributed by atoms with Gasteiger partial charge in [0, 0.05) is 35.9 Å². The lowest BCUT2D eigenvalue weighted by Crippen LogP contribution is -2.40. The Labute approximate surface area is 118 Å². The third-order valence-electron chi connectivity index (χ3n) is 3.32. The van der Waals surface area contributed by atoms with Crippen molar-refractivity contribution in [2.45, 2.75) is 19.9 Å². The minimum Gasteiger partial charge on any atom is -0.478 e. The summed E-state index contributed by atoms with van der Waals surface area (Å²) in [6, 6.07) is 6.68. The quantitative estimate of drug-likeness (QED) is 0.862. The van der Waals surface area contributed by atoms with Gasteiger partial charge in [0.05, 0.1) is 0 Å². The summed E-state index contributed by atoms with van der Waals surface area (Å²) in [6.07, 6.45) is 2.81. The monoisotopic (exact) mass is 277 g/mol. The van der Waals surface area contributed by atoms with Gasteiger partial charge in [-0.2, -0.15) is 11.8 Å². The van der Waals surface area contributed by atoms with Gasteiger partial charge in [0.25, 0.3) is 0 Å². The van der Waals surface area contributed by atoms with E-state index in [-0.39, 0.29) is 0 Å². The molecule has 3 nitrogen and oxygen atoms in total. The number of hydrogen-bond donors (Lipinski definition) is 1. The van der Waals surface area contributed by atoms with Crippen LogP contribution in [-0.4, -0.2) is 35.2 Å². The van der Waals surface area contributed by atoms with Crippen molar-refractivity contribution in [1.29, 1.82) is 0 Å². The van der Waals surface area contributed by atoms with Crippen molar-refractivity contribution in [1.82, 2.24) is 0 Å². The molecule has 0 amide bonds. The highest BCUT2D eigenvalue weighted by Crippen LogP contribution is 2.27. The summed E-state index contributed by atoms with van der Waals surface area (Å²) in [5.41, 5.74) is 3.40. The molecule has 0 saturated carbocycles. The summed E-state index contributed by atoms with van der Waals surface area (Å²) in [5.74, 6) is 1.42. The molecule has 1 fully saturated rings. The number of benzene rings is 1. The molecule has 1 aliphatic heterocycles. The molecule has 1 heterocycles. The maximum Gasteiger partial charge on any atom is 0.328 e. The summed E-state index contributed by atoms with van der Waals surface area (Å²) in [4.78, 5) is 13.0. The molecule has 0 spiro atoms. The number of nitrogens with zero attached hydrogens (tertiary/aromatic N) is 1. The van der Waals surface area contributed by atoms with E-state index < -0.39 is 5.97 Å². The first-order valence-corrected chi connectivity index (χ1v) is 7.59. The molecule has 0 bridgehead atoms. The van der Waals surface area contributed by atoms with Gasteiger partial charge in [-0.1, -0.05) is 6.07 Å². The normalized spacial score (nSPS) is 19.9. The fraction of sp³-hybridized carbons (Fsp3) is 0.400. The maximum absolute atomic E-state index is 10.5. The minimum atomic E-state index is -0.914. The van der Waals surface area contributed by atoms with Crippen LogP contribution in [0.15, 0.2) is 24.3 Å². The average Bonchev–Trinajstić information content (AvgIpc) is 2.38. The molecule has 1 N–H and O–H groups in total. The van der Waals surface area contributed by atoms with Crippen molar-refractivity contribution >= 4 is 29.5 Å². The number of thioether (sulfide) groups is 1. The smallest absolute Gasteiger partial charge is 0.328 e. The van der Waals surface area contributed by atoms with E-state index in [1.807, 2.05) is 23.9 Å². The van der Waals surface area contributed by atoms with E-state index >= 15 is 0 Å². The molecule has 2 rings (SSSR count). The van der Waals surface area contributed by atoms with Crippen molar-refractivity contribution in [3.05, 3.63) is 35.4 Å². The molecule has 1 atom stereocenters. The number of rotatable bonds is 3. The van der Waals surface area contributed by atoms with Gasteiger partial charge in [0.1, 0.15) is 0 Å². The van der Waals surface area contributed by atoms with Crippen LogP contribution in [0, 0.1) is 6.92 Å². The van der Waals surface area contributed by atoms with Crippen LogP contribution in [0.3, 0.4) is 0 Å². The molecule has 0 aliphatic carbocycles. The van der Waals surface area contributed by atoms with E-state index in [0.717, 1.165) is 12.1 Å². The van der Waals surface area contributed by atoms with Crippen LogP contribution < -0.4 is 4.90 Å². The molecule has 4 heteroatoms. The van der Waals surface area contributed by atoms with Crippen molar-refractivity contribution in [2.75, 3.05) is 23.0 Å². The van der Waals surface area contributed by atoms with E-state index in [9.17, 15) is 4.79 Å². The molecule has 1 saturated heterocycles. The molecule has 1 aliphatic rings. The predicted octanol–water partition coefficient (Wildman–Crippen LogP) is 3.03. The van der Waals surface area contributed by atoms with Crippen LogP contribution >= 0.6 is 11.8 Å². The van der Waals surface area contributed by atoms with Crippen molar-refractivity contribution < 1.29 is 9.90 Å². The fourth-order valence-electron chi connectivity index (χ4n) is 2.36. The molecule has 1 unspecified atom stereocenters. The molecular formula is C15H19NO2S. The molecule has 1 aromatic carbocycles. The molecular weight excluding hydrogens is 258 g/mol. The number of aliphatic carboxylic acids is 1. The molecule has 0 aromatic heterocycles. The lowest BCUT2D eigenvalue weighted by Gasteiger charge is -2.36. The number of anilines is 1. The van der Waals surface area contributed by atoms with Crippen LogP contribution in [0.2, 0.25) is 0 Å². The number of carboxylic acids is 1. The topological polar surface area (TPSA) is 40.5 Å². The van der Waals surface area contributed by atoms with Gasteiger partial charge in [-0.3, -0.25) is 0 Å². The highest BCUT2D eigenvalue weighted by Gasteiger charge is 2.20. The van der Waals surface area contributed by atoms with Gasteiger partial charge in [0.2, 0.25) is 0 Å². The highest BCUT2D eigenvalue weighted by molar-refractivity contribution is 7.99. The van der Waals surface area contributed by atoms with E-state index in [2.05, 4.69) is 24.8 Å². The molecule has 1 aromatic rings. The molecule has 19 heavy (non-hydrogen) atoms. The SMILES string of the molecule is Cc1cc(C=CC(=O)O)ccc1N1CCSCC1C. The second-order valence-electron chi connectivity index (χ2n) is 4.83. The summed E-state index contributed by atoms with van der Waals surface area (Å²) >= 11 is 2.00. The Kier molecular flexibility index (Phi) is 4.53. The predicted molar refractivity (Wildman–Crippen MR) is 82.0 cm³/mol. The zero-order valence-electron chi connectivity index (χ0n) is 11.3. The van der Waals surface area contributed by atoms with Gasteiger partial charge in [-0.15, -0.1) is 0 Å². The van der Waals surface area contributed by atoms with Crippen LogP contribution in [-0.2, 0) is 4.79 Å². The van der Waals surface area contributed by atoms with E-state index in [1.54, 1.807) is 6.08 Å². The summed E-state index contributed by atoms with van der Waals surface area (Å²) in [6.45, 7) is 5.42. The first-order valence-electron chi connectivity index (χ1n) is 6.44. The Balaban J connectivity index is 2.21. The number of carbonyl (C=O) groups is 1. The molecule has 102 valence electrons. The fourth-order valence-corrected chi connectivity index (χ4v) is 3.37. The van der Waals surface area contributed by atoms with Crippen molar-refractivity contribution in [3.8, 4) is 0 Å². The number of hydrogen-bond acceptors (Lipinski definition) is 3. The second kappa shape index (κ2) is 6.15. The van der Waals surface area contributed by atoms with Crippen LogP contribution in [0.25, 0.3) is 6.08 Å². The first-order chi connectivity index (χ1) is 9.08. The lowest BCUT2D eigenvalue weighted by molar-refractivity contribution is -0.131. The Morgan fingerprint density at radius 1 is 1.53 bits per heavy atom. The Hall–Kier alpha value is -1.42. The third-order valence-corrected chi connectivity index (χ3v) is 4.51. The van der Waals surface area contributed by atoms with Crippen molar-refractivity contribution in [2.24, 2.45) is 0 Å². The zero-order chi connectivity index (χ0) is 13.8. The average molecular weight is 277 g/mol. The number of carboxylic acid groups (broad SMARTS) is 1. The Bertz CT molecular complexity index is 499. The van der Waals surface area contributed by atoms with E-state index in [0.29, 0.717) is 6.04 Å². The Morgan fingerprint density at radius 2 is 2.32 bits per heavy atom. The molecule has 0 radical (unpaired) electrons. The lowest BCUT2D eigenvalue weighted by atomic mass is 10.1. The van der Waals surface area contributed by atoms with E-state index in [4.69, 9.17) is 5.11 Å². The van der Waals surface area contributed by atoms with Gasteiger partial charge in [-0.05, 0) is 43.2 Å². The second-order valence-corrected chi connectivity index (χ2v) is 5.98. The highest BCUT2D eigenvalue weighted by atomic mass is 32.2. The van der Waals surface area contributed by atoms with Gasteiger partial charge >= 0.3 is 5.97 Å². The van der Waals surface area contributed by atoms with Crippen LogP contribution in [0.5, 0.6) is 0 Å². The summed E-state index contributed by atoms with van der Waals surface area (Å²) in [5, 5.41) is 8.64. The van der Waals surface area contributed by atoms with Gasteiger partial charge < -0.3 is 10.0 Å². The van der Waals surface area contributed by atoms with Gasteiger partial charge in [0.15, 0.2) is 0 Å². The van der Waals surface area contributed by atoms with Crippen molar-refractivity contribution in [3.63, 3.8) is 0 Å². The third kappa shape index (κ3) is 3.53. The van der Waals surface area contributed by atoms with Crippen LogP contribution in [0.1, 0.15) is 18.1 Å². The summed E-state index contributed by atoms with van der Waals surface area (Å²) < 4.78 is 0. The summed E-state index contributed by atoms with van der Waals surface area (Å²) in [7, 11) is 0. The zero-order valence-corrected chi connectivity index (χ0v) is 12.1.